The summed E-state index contributed by atoms with van der Waals surface area (Å²) in [4.78, 5) is 137. The van der Waals surface area contributed by atoms with Crippen molar-refractivity contribution in [3.63, 3.8) is 0 Å². The summed E-state index contributed by atoms with van der Waals surface area (Å²) in [6, 6.07) is 5.42. The fourth-order valence-corrected chi connectivity index (χ4v) is 15.1. The van der Waals surface area contributed by atoms with Gasteiger partial charge in [-0.25, -0.2) is 42.0 Å². The van der Waals surface area contributed by atoms with Gasteiger partial charge in [-0.2, -0.15) is 15.8 Å². The van der Waals surface area contributed by atoms with E-state index in [1.807, 2.05) is 6.07 Å². The zero-order chi connectivity index (χ0) is 79.0. The van der Waals surface area contributed by atoms with Crippen LogP contribution in [0.15, 0.2) is 81.9 Å². The molecule has 9 rings (SSSR count). The Kier molecular flexibility index (Phi) is 29.5. The topological polar surface area (TPSA) is 544 Å². The summed E-state index contributed by atoms with van der Waals surface area (Å²) >= 11 is 0. The normalized spacial score (nSPS) is 24.3. The molecule has 0 amide bonds. The molecule has 9 heterocycles. The number of aryl methyl sites for hydroxylation is 5. The first kappa shape index (κ1) is 84.9. The molecular weight excluding hydrogens is 1520 g/mol. The van der Waals surface area contributed by atoms with E-state index in [9.17, 15) is 90.7 Å². The second-order valence-corrected chi connectivity index (χ2v) is 29.0. The maximum absolute atomic E-state index is 15.4. The first-order valence-corrected chi connectivity index (χ1v) is 37.0. The summed E-state index contributed by atoms with van der Waals surface area (Å²) in [5.74, 6) is -2.10. The molecule has 50 heteroatoms. The maximum atomic E-state index is 15.4. The highest BCUT2D eigenvalue weighted by molar-refractivity contribution is 7.49. The summed E-state index contributed by atoms with van der Waals surface area (Å²) in [6.07, 6.45) is -11.9. The predicted octanol–water partition coefficient (Wildman–Crippen LogP) is 1.36. The second kappa shape index (κ2) is 37.6. The number of ether oxygens (including phenoxy) is 6. The number of carbonyl (C=O) groups is 2. The van der Waals surface area contributed by atoms with Crippen LogP contribution in [0.3, 0.4) is 0 Å². The molecule has 0 radical (unpaired) electrons. The smallest absolute Gasteiger partial charge is 0.461 e. The fraction of sp³-hybridized carbons (Fsp3) is 0.586. The molecular formula is C58H73BF4N13O29P3. The number of rotatable bonds is 35. The molecule has 42 nitrogen and oxygen atoms in total. The van der Waals surface area contributed by atoms with Gasteiger partial charge in [0.2, 0.25) is 6.33 Å². The van der Waals surface area contributed by atoms with Crippen molar-refractivity contribution in [2.45, 2.75) is 159 Å². The summed E-state index contributed by atoms with van der Waals surface area (Å²) in [7, 11) is -19.7. The van der Waals surface area contributed by atoms with Crippen LogP contribution in [0.5, 0.6) is 0 Å². The Morgan fingerprint density at radius 3 is 1.16 bits per heavy atom. The van der Waals surface area contributed by atoms with Gasteiger partial charge < -0.3 is 50.8 Å². The van der Waals surface area contributed by atoms with E-state index in [-0.39, 0.29) is 54.7 Å². The van der Waals surface area contributed by atoms with Gasteiger partial charge in [0, 0.05) is 72.7 Å². The highest BCUT2D eigenvalue weighted by Crippen LogP contribution is 2.58. The number of hydrogen-bond donors (Lipinski definition) is 5. The number of H-pyrrole nitrogens is 4. The van der Waals surface area contributed by atoms with Crippen molar-refractivity contribution in [1.29, 1.82) is 15.8 Å². The number of aromatic nitrogens is 10. The Bertz CT molecular complexity index is 4830. The summed E-state index contributed by atoms with van der Waals surface area (Å²) in [5.41, 5.74) is -6.66. The molecule has 4 saturated heterocycles. The number of imidazole rings is 1. The Balaban J connectivity index is 0.00000284. The zero-order valence-electron chi connectivity index (χ0n) is 57.8. The number of phosphoric acid groups is 3. The monoisotopic (exact) mass is 1600 g/mol. The maximum Gasteiger partial charge on any atom is 0.673 e. The van der Waals surface area contributed by atoms with Crippen molar-refractivity contribution in [2.24, 2.45) is 7.05 Å². The highest BCUT2D eigenvalue weighted by atomic mass is 31.2. The molecule has 5 aromatic rings. The molecule has 4 fully saturated rings. The number of aromatic amines is 4. The lowest BCUT2D eigenvalue weighted by molar-refractivity contribution is -0.671. The van der Waals surface area contributed by atoms with E-state index in [1.165, 1.54) is 40.1 Å². The van der Waals surface area contributed by atoms with E-state index in [0.717, 1.165) is 30.7 Å². The molecule has 4 aliphatic rings. The largest absolute Gasteiger partial charge is 0.673 e. The lowest BCUT2D eigenvalue weighted by Gasteiger charge is -2.28. The molecule has 15 atom stereocenters. The van der Waals surface area contributed by atoms with E-state index >= 15 is 9.13 Å². The highest BCUT2D eigenvalue weighted by Gasteiger charge is 2.51. The van der Waals surface area contributed by atoms with Gasteiger partial charge in [0.15, 0.2) is 0 Å². The third-order valence-corrected chi connectivity index (χ3v) is 20.6. The SMILES string of the molecule is Cc1cn([C@H]2C[C@H](OC(=O)CC(=O)OCCn3cc[n+](C)c3)[C@@H](COP(=O)(OCCC#N)O[C@H]3C[C@H](n4cc(C)c(=O)[nH]c4=O)O[C@@H]3COP(=O)(OCCC#N)O[C@H]3C[C@H](n4cc(C)c(=O)[nH]c4=O)O[C@@H]3COP(=O)(OCCC#N)O[C@H]3C[C@H](n4cc(C)c(=O)[nH]c4=O)O[C@@H]3CO)O2)c(=O)[nH]c1=O.F[B-](F)(F)F. The quantitative estimate of drug-likeness (QED) is 0.00727. The van der Waals surface area contributed by atoms with Crippen molar-refractivity contribution in [3.8, 4) is 18.2 Å². The van der Waals surface area contributed by atoms with Gasteiger partial charge in [0.25, 0.3) is 22.2 Å². The van der Waals surface area contributed by atoms with Gasteiger partial charge >= 0.3 is 65.4 Å². The average Bonchev–Trinajstić information content (AvgIpc) is 1.64. The Hall–Kier alpha value is -8.75. The lowest BCUT2D eigenvalue weighted by atomic mass is 10.2. The number of nitriles is 3. The van der Waals surface area contributed by atoms with Crippen LogP contribution < -0.4 is 49.6 Å². The van der Waals surface area contributed by atoms with E-state index in [4.69, 9.17) is 69.1 Å². The van der Waals surface area contributed by atoms with Crippen LogP contribution in [-0.4, -0.2) is 169 Å². The molecule has 590 valence electrons. The summed E-state index contributed by atoms with van der Waals surface area (Å²) in [6.45, 7) is 0.0697. The Morgan fingerprint density at radius 2 is 0.843 bits per heavy atom. The van der Waals surface area contributed by atoms with E-state index in [0.29, 0.717) is 0 Å². The van der Waals surface area contributed by atoms with Crippen molar-refractivity contribution in [3.05, 3.63) is 149 Å². The third kappa shape index (κ3) is 23.6. The van der Waals surface area contributed by atoms with Gasteiger partial charge in [-0.05, 0) is 27.7 Å². The van der Waals surface area contributed by atoms with Crippen LogP contribution in [0.4, 0.5) is 17.3 Å². The molecule has 0 aliphatic carbocycles. The fourth-order valence-electron chi connectivity index (χ4n) is 10.9. The van der Waals surface area contributed by atoms with E-state index < -0.39 is 240 Å². The van der Waals surface area contributed by atoms with E-state index in [2.05, 4.69) is 19.9 Å². The number of esters is 2. The second-order valence-electron chi connectivity index (χ2n) is 24.2. The standard InChI is InChI=1S/C58H72N13O29P3.BF4/c1-33-24-68(55(79)62-51(33)75)45-19-37(97-50(74)23-49(73)86-18-14-67-13-12-66(5)32-67)42(94-45)29-90-102(84,88-16-7-10-60)99-39-21-47(70-26-35(3)53(77)64-57(70)81)96-44(39)31-92-103(85,89-17-8-11-61)100-40-22-48(71-27-36(4)54(78)65-58(71)82)95-43(40)30-91-101(83,87-15-6-9-59)98-38-20-46(93-41(38)28-72)69-25-34(2)52(76)63-56(69)80;2-1(3,4)5/h12-13,24-27,32,37-48,72H,6-8,14-23,28-31H2,1-5H3,(H3-,62,63,64,65,75,76,77,78,79,80,81,82);/q;-1/p+1/t37-,38-,39-,40-,41+,42+,43+,44+,45+,46+,47+,48+,101?,102?,103?;/m0./s1. The van der Waals surface area contributed by atoms with Crippen LogP contribution in [0.2, 0.25) is 0 Å². The summed E-state index contributed by atoms with van der Waals surface area (Å²) in [5, 5.41) is 39.0. The van der Waals surface area contributed by atoms with Gasteiger partial charge in [0.05, 0.1) is 90.8 Å². The molecule has 5 aromatic heterocycles. The molecule has 5 N–H and O–H groups in total. The number of phosphoric ester groups is 3. The minimum Gasteiger partial charge on any atom is -0.461 e. The zero-order valence-corrected chi connectivity index (χ0v) is 60.5. The van der Waals surface area contributed by atoms with Crippen molar-refractivity contribution < 1.29 is 119 Å². The van der Waals surface area contributed by atoms with Crippen LogP contribution >= 0.6 is 23.5 Å². The molecule has 0 spiro atoms. The van der Waals surface area contributed by atoms with Crippen LogP contribution in [-0.2, 0) is 106 Å². The van der Waals surface area contributed by atoms with Gasteiger partial charge in [-0.1, -0.05) is 0 Å². The molecule has 0 aromatic carbocycles. The molecule has 4 aliphatic heterocycles. The Labute approximate surface area is 605 Å². The molecule has 0 saturated carbocycles. The van der Waals surface area contributed by atoms with Crippen LogP contribution in [0.1, 0.15) is 98.5 Å². The number of aliphatic hydroxyl groups excluding tert-OH is 1. The van der Waals surface area contributed by atoms with Crippen molar-refractivity contribution >= 4 is 42.7 Å². The van der Waals surface area contributed by atoms with Gasteiger partial charge in [-0.3, -0.25) is 108 Å². The predicted molar refractivity (Wildman–Crippen MR) is 351 cm³/mol. The minimum atomic E-state index is -6.00. The summed E-state index contributed by atoms with van der Waals surface area (Å²) < 4.78 is 180. The van der Waals surface area contributed by atoms with Crippen molar-refractivity contribution in [2.75, 3.05) is 52.9 Å². The minimum absolute atomic E-state index is 0.000682. The number of aliphatic hydroxyl groups is 1. The number of nitrogens with one attached hydrogen (secondary N) is 4. The average molecular weight is 1600 g/mol. The third-order valence-electron chi connectivity index (χ3n) is 16.1. The Morgan fingerprint density at radius 1 is 0.528 bits per heavy atom. The van der Waals surface area contributed by atoms with Gasteiger partial charge in [0.1, 0.15) is 106 Å². The van der Waals surface area contributed by atoms with E-state index in [1.54, 1.807) is 47.0 Å². The number of carbonyl (C=O) groups excluding carboxylic acids is 2. The van der Waals surface area contributed by atoms with Crippen LogP contribution in [0, 0.1) is 61.7 Å². The molecule has 108 heavy (non-hydrogen) atoms. The number of hydrogen-bond acceptors (Lipinski definition) is 32. The first-order chi connectivity index (χ1) is 51.0. The number of nitrogens with zero attached hydrogens (tertiary/aromatic N) is 9. The van der Waals surface area contributed by atoms with Gasteiger partial charge in [-0.15, -0.1) is 0 Å². The first-order valence-electron chi connectivity index (χ1n) is 32.6. The molecule has 3 unspecified atom stereocenters. The molecule has 0 bridgehead atoms. The van der Waals surface area contributed by atoms with Crippen molar-refractivity contribution in [1.82, 2.24) is 42.8 Å². The van der Waals surface area contributed by atoms with Crippen LogP contribution in [0.25, 0.3) is 0 Å². The number of halogens is 4. The lowest BCUT2D eigenvalue weighted by Crippen LogP contribution is -2.34.